The molecule has 0 saturated carbocycles. The number of benzene rings is 1. The van der Waals surface area contributed by atoms with E-state index in [-0.39, 0.29) is 22.6 Å². The van der Waals surface area contributed by atoms with Crippen molar-refractivity contribution in [1.82, 2.24) is 4.90 Å². The Hall–Kier alpha value is -2.19. The fraction of sp³-hybridized carbons (Fsp3) is 0.375. The van der Waals surface area contributed by atoms with Crippen LogP contribution in [0.4, 0.5) is 5.69 Å². The van der Waals surface area contributed by atoms with Crippen LogP contribution in [0.5, 0.6) is 0 Å². The van der Waals surface area contributed by atoms with Gasteiger partial charge in [-0.05, 0) is 49.6 Å². The lowest BCUT2D eigenvalue weighted by Gasteiger charge is -2.30. The van der Waals surface area contributed by atoms with Gasteiger partial charge in [-0.2, -0.15) is 0 Å². The number of nitrogens with one attached hydrogen (secondary N) is 1. The van der Waals surface area contributed by atoms with Crippen LogP contribution in [0.1, 0.15) is 18.4 Å². The van der Waals surface area contributed by atoms with E-state index in [1.807, 2.05) is 0 Å². The molecule has 0 unspecified atom stereocenters. The molecule has 0 aromatic heterocycles. The van der Waals surface area contributed by atoms with Gasteiger partial charge in [0.1, 0.15) is 0 Å². The Morgan fingerprint density at radius 2 is 1.92 bits per heavy atom. The van der Waals surface area contributed by atoms with E-state index in [2.05, 4.69) is 11.9 Å². The van der Waals surface area contributed by atoms with E-state index < -0.39 is 10.0 Å². The summed E-state index contributed by atoms with van der Waals surface area (Å²) in [5.41, 5.74) is 1.08. The largest absolute Gasteiger partial charge is 0.339 e. The lowest BCUT2D eigenvalue weighted by Crippen LogP contribution is -2.40. The molecule has 0 atom stereocenters. The Bertz CT molecular complexity index is 766. The van der Waals surface area contributed by atoms with Crippen molar-refractivity contribution in [3.8, 4) is 0 Å². The first-order chi connectivity index (χ1) is 11.2. The zero-order valence-corrected chi connectivity index (χ0v) is 14.3. The maximum Gasteiger partial charge on any atom is 0.245 e. The van der Waals surface area contributed by atoms with Gasteiger partial charge in [0, 0.05) is 24.7 Å². The van der Waals surface area contributed by atoms with Crippen molar-refractivity contribution in [2.45, 2.75) is 24.7 Å². The standard InChI is InChI=1S/C16H21N3O4S/c1-3-15(20)19-6-4-12(5-7-19)16(21)18-13-8-11(2)9-14(10-13)24(17,22)23/h3,8-10,12H,1,4-7H2,2H3,(H,18,21)(H2,17,22,23). The van der Waals surface area contributed by atoms with Gasteiger partial charge in [0.2, 0.25) is 21.8 Å². The van der Waals surface area contributed by atoms with Gasteiger partial charge in [-0.1, -0.05) is 6.58 Å². The number of nitrogens with two attached hydrogens (primary N) is 1. The zero-order valence-electron chi connectivity index (χ0n) is 13.5. The maximum atomic E-state index is 12.4. The third-order valence-electron chi connectivity index (χ3n) is 4.00. The van der Waals surface area contributed by atoms with Gasteiger partial charge < -0.3 is 10.2 Å². The van der Waals surface area contributed by atoms with E-state index in [1.54, 1.807) is 17.9 Å². The van der Waals surface area contributed by atoms with Crippen molar-refractivity contribution < 1.29 is 18.0 Å². The summed E-state index contributed by atoms with van der Waals surface area (Å²) in [5.74, 6) is -0.547. The number of carbonyl (C=O) groups excluding carboxylic acids is 2. The van der Waals surface area contributed by atoms with Crippen molar-refractivity contribution in [2.75, 3.05) is 18.4 Å². The van der Waals surface area contributed by atoms with Crippen LogP contribution in [0.2, 0.25) is 0 Å². The molecule has 0 aliphatic carbocycles. The van der Waals surface area contributed by atoms with Crippen LogP contribution < -0.4 is 10.5 Å². The summed E-state index contributed by atoms with van der Waals surface area (Å²) in [6, 6.07) is 4.48. The molecule has 1 fully saturated rings. The van der Waals surface area contributed by atoms with E-state index in [9.17, 15) is 18.0 Å². The molecule has 2 rings (SSSR count). The first kappa shape index (κ1) is 18.2. The molecule has 1 heterocycles. The second-order valence-corrected chi connectivity index (χ2v) is 7.43. The number of nitrogens with zero attached hydrogens (tertiary/aromatic N) is 1. The molecule has 8 heteroatoms. The van der Waals surface area contributed by atoms with Gasteiger partial charge in [-0.3, -0.25) is 9.59 Å². The summed E-state index contributed by atoms with van der Waals surface area (Å²) in [5, 5.41) is 7.88. The number of primary sulfonamides is 1. The Kier molecular flexibility index (Phi) is 5.40. The molecule has 130 valence electrons. The molecule has 7 nitrogen and oxygen atoms in total. The van der Waals surface area contributed by atoms with Gasteiger partial charge in [-0.15, -0.1) is 0 Å². The van der Waals surface area contributed by atoms with E-state index in [1.165, 1.54) is 18.2 Å². The lowest BCUT2D eigenvalue weighted by atomic mass is 9.95. The first-order valence-corrected chi connectivity index (χ1v) is 9.12. The molecule has 2 amide bonds. The van der Waals surface area contributed by atoms with Crippen molar-refractivity contribution in [1.29, 1.82) is 0 Å². The normalized spacial score (nSPS) is 15.8. The quantitative estimate of drug-likeness (QED) is 0.789. The van der Waals surface area contributed by atoms with E-state index in [4.69, 9.17) is 5.14 Å². The number of likely N-dealkylation sites (tertiary alicyclic amines) is 1. The van der Waals surface area contributed by atoms with Crippen molar-refractivity contribution in [2.24, 2.45) is 11.1 Å². The fourth-order valence-corrected chi connectivity index (χ4v) is 3.36. The number of sulfonamides is 1. The highest BCUT2D eigenvalue weighted by molar-refractivity contribution is 7.89. The number of hydrogen-bond acceptors (Lipinski definition) is 4. The highest BCUT2D eigenvalue weighted by Gasteiger charge is 2.26. The average Bonchev–Trinajstić information content (AvgIpc) is 2.53. The Morgan fingerprint density at radius 1 is 1.29 bits per heavy atom. The Balaban J connectivity index is 2.05. The molecular formula is C16H21N3O4S. The van der Waals surface area contributed by atoms with Crippen LogP contribution in [-0.4, -0.2) is 38.2 Å². The molecule has 1 aliphatic rings. The van der Waals surface area contributed by atoms with Gasteiger partial charge >= 0.3 is 0 Å². The smallest absolute Gasteiger partial charge is 0.245 e. The molecule has 24 heavy (non-hydrogen) atoms. The second kappa shape index (κ2) is 7.14. The zero-order chi connectivity index (χ0) is 17.9. The molecule has 0 spiro atoms. The molecule has 1 aromatic carbocycles. The van der Waals surface area contributed by atoms with Gasteiger partial charge in [0.25, 0.3) is 0 Å². The number of carbonyl (C=O) groups is 2. The number of amides is 2. The highest BCUT2D eigenvalue weighted by Crippen LogP contribution is 2.22. The minimum Gasteiger partial charge on any atom is -0.339 e. The number of piperidine rings is 1. The van der Waals surface area contributed by atoms with Gasteiger partial charge in [-0.25, -0.2) is 13.6 Å². The van der Waals surface area contributed by atoms with Crippen molar-refractivity contribution >= 4 is 27.5 Å². The predicted octanol–water partition coefficient (Wildman–Crippen LogP) is 1.01. The summed E-state index contributed by atoms with van der Waals surface area (Å²) < 4.78 is 22.9. The van der Waals surface area contributed by atoms with Crippen LogP contribution in [-0.2, 0) is 19.6 Å². The van der Waals surface area contributed by atoms with E-state index in [0.29, 0.717) is 37.2 Å². The molecule has 1 aliphatic heterocycles. The summed E-state index contributed by atoms with van der Waals surface area (Å²) in [6.07, 6.45) is 2.38. The number of aryl methyl sites for hydroxylation is 1. The second-order valence-electron chi connectivity index (χ2n) is 5.87. The minimum atomic E-state index is -3.83. The fourth-order valence-electron chi connectivity index (χ4n) is 2.72. The van der Waals surface area contributed by atoms with E-state index >= 15 is 0 Å². The number of anilines is 1. The van der Waals surface area contributed by atoms with Gasteiger partial charge in [0.05, 0.1) is 4.90 Å². The third kappa shape index (κ3) is 4.42. The van der Waals surface area contributed by atoms with Gasteiger partial charge in [0.15, 0.2) is 0 Å². The summed E-state index contributed by atoms with van der Waals surface area (Å²) in [6.45, 7) is 6.18. The van der Waals surface area contributed by atoms with Crippen LogP contribution in [0, 0.1) is 12.8 Å². The van der Waals surface area contributed by atoms with Crippen LogP contribution >= 0.6 is 0 Å². The third-order valence-corrected chi connectivity index (χ3v) is 4.89. The van der Waals surface area contributed by atoms with E-state index in [0.717, 1.165) is 0 Å². The summed E-state index contributed by atoms with van der Waals surface area (Å²) in [4.78, 5) is 25.5. The van der Waals surface area contributed by atoms with Crippen LogP contribution in [0.3, 0.4) is 0 Å². The van der Waals surface area contributed by atoms with Crippen molar-refractivity contribution in [3.05, 3.63) is 36.4 Å². The molecule has 1 aromatic rings. The first-order valence-electron chi connectivity index (χ1n) is 7.57. The summed E-state index contributed by atoms with van der Waals surface area (Å²) >= 11 is 0. The topological polar surface area (TPSA) is 110 Å². The molecule has 0 bridgehead atoms. The van der Waals surface area contributed by atoms with Crippen LogP contribution in [0.25, 0.3) is 0 Å². The van der Waals surface area contributed by atoms with Crippen molar-refractivity contribution in [3.63, 3.8) is 0 Å². The molecule has 0 radical (unpaired) electrons. The lowest BCUT2D eigenvalue weighted by molar-refractivity contribution is -0.130. The van der Waals surface area contributed by atoms with Crippen LogP contribution in [0.15, 0.2) is 35.7 Å². The number of rotatable bonds is 4. The number of hydrogen-bond donors (Lipinski definition) is 2. The molecule has 1 saturated heterocycles. The summed E-state index contributed by atoms with van der Waals surface area (Å²) in [7, 11) is -3.83. The maximum absolute atomic E-state index is 12.4. The molecular weight excluding hydrogens is 330 g/mol. The highest BCUT2D eigenvalue weighted by atomic mass is 32.2. The SMILES string of the molecule is C=CC(=O)N1CCC(C(=O)Nc2cc(C)cc(S(N)(=O)=O)c2)CC1. The average molecular weight is 351 g/mol. The Labute approximate surface area is 141 Å². The predicted molar refractivity (Wildman–Crippen MR) is 90.7 cm³/mol. The minimum absolute atomic E-state index is 0.0378. The monoisotopic (exact) mass is 351 g/mol. The Morgan fingerprint density at radius 3 is 2.46 bits per heavy atom. The molecule has 3 N–H and O–H groups in total.